The first-order valence-corrected chi connectivity index (χ1v) is 7.53. The van der Waals surface area contributed by atoms with Gasteiger partial charge in [-0.15, -0.1) is 0 Å². The molecule has 3 rings (SSSR count). The molecule has 122 valence electrons. The van der Waals surface area contributed by atoms with E-state index in [-0.39, 0.29) is 6.42 Å². The van der Waals surface area contributed by atoms with Crippen LogP contribution in [0.25, 0.3) is 0 Å². The molecular weight excluding hydrogens is 332 g/mol. The molecule has 1 aromatic heterocycles. The third-order valence-corrected chi connectivity index (χ3v) is 3.66. The number of aromatic nitrogens is 1. The highest BCUT2D eigenvalue weighted by Crippen LogP contribution is 2.19. The van der Waals surface area contributed by atoms with E-state index < -0.39 is 23.8 Å². The van der Waals surface area contributed by atoms with Crippen LogP contribution >= 0.6 is 11.6 Å². The first kappa shape index (κ1) is 15.9. The lowest BCUT2D eigenvalue weighted by Gasteiger charge is -2.14. The van der Waals surface area contributed by atoms with E-state index in [1.807, 2.05) is 0 Å². The van der Waals surface area contributed by atoms with E-state index in [4.69, 9.17) is 11.6 Å². The van der Waals surface area contributed by atoms with Crippen molar-refractivity contribution in [3.8, 4) is 0 Å². The minimum absolute atomic E-state index is 0.212. The Bertz CT molecular complexity index is 807. The number of rotatable bonds is 3. The second-order valence-corrected chi connectivity index (χ2v) is 5.61. The van der Waals surface area contributed by atoms with Gasteiger partial charge >= 0.3 is 0 Å². The number of fused-ring (bicyclic) bond motifs is 1. The normalized spacial score (nSPS) is 16.5. The van der Waals surface area contributed by atoms with E-state index in [1.165, 1.54) is 6.20 Å². The van der Waals surface area contributed by atoms with Gasteiger partial charge < -0.3 is 16.0 Å². The average Bonchev–Trinajstić information content (AvgIpc) is 2.67. The summed E-state index contributed by atoms with van der Waals surface area (Å²) in [6, 6.07) is 8.80. The number of pyridine rings is 1. The molecule has 0 aliphatic carbocycles. The van der Waals surface area contributed by atoms with Gasteiger partial charge in [-0.2, -0.15) is 0 Å². The highest BCUT2D eigenvalue weighted by Gasteiger charge is 2.29. The molecule has 24 heavy (non-hydrogen) atoms. The van der Waals surface area contributed by atoms with Crippen molar-refractivity contribution in [3.63, 3.8) is 0 Å². The van der Waals surface area contributed by atoms with Gasteiger partial charge in [-0.3, -0.25) is 14.4 Å². The van der Waals surface area contributed by atoms with Gasteiger partial charge in [0.1, 0.15) is 11.9 Å². The van der Waals surface area contributed by atoms with Crippen LogP contribution in [-0.4, -0.2) is 28.7 Å². The zero-order valence-electron chi connectivity index (χ0n) is 12.4. The van der Waals surface area contributed by atoms with E-state index in [1.54, 1.807) is 36.4 Å². The quantitative estimate of drug-likeness (QED) is 0.790. The molecule has 2 heterocycles. The van der Waals surface area contributed by atoms with Crippen LogP contribution in [0.2, 0.25) is 5.02 Å². The summed E-state index contributed by atoms with van der Waals surface area (Å²) in [5.41, 5.74) is 0.774. The van der Waals surface area contributed by atoms with Crippen LogP contribution in [0.4, 0.5) is 11.5 Å². The molecule has 1 unspecified atom stereocenters. The number of carbonyl (C=O) groups excluding carboxylic acids is 3. The summed E-state index contributed by atoms with van der Waals surface area (Å²) in [5.74, 6) is -0.997. The molecule has 1 aliphatic rings. The summed E-state index contributed by atoms with van der Waals surface area (Å²) in [7, 11) is 0. The van der Waals surface area contributed by atoms with Crippen LogP contribution in [0.15, 0.2) is 42.6 Å². The molecule has 0 radical (unpaired) electrons. The Kier molecular flexibility index (Phi) is 4.43. The molecule has 3 amide bonds. The lowest BCUT2D eigenvalue weighted by molar-refractivity contribution is -0.122. The van der Waals surface area contributed by atoms with Gasteiger partial charge in [0.25, 0.3) is 5.91 Å². The smallest absolute Gasteiger partial charge is 0.254 e. The number of hydrogen-bond donors (Lipinski definition) is 3. The summed E-state index contributed by atoms with van der Waals surface area (Å²) in [4.78, 5) is 40.4. The Hall–Kier alpha value is -2.93. The number of amides is 3. The number of para-hydroxylation sites is 1. The summed E-state index contributed by atoms with van der Waals surface area (Å²) < 4.78 is 0. The zero-order chi connectivity index (χ0) is 17.1. The van der Waals surface area contributed by atoms with Crippen molar-refractivity contribution in [1.82, 2.24) is 10.3 Å². The average molecular weight is 345 g/mol. The predicted octanol–water partition coefficient (Wildman–Crippen LogP) is 1.81. The highest BCUT2D eigenvalue weighted by molar-refractivity contribution is 6.30. The molecule has 0 saturated heterocycles. The van der Waals surface area contributed by atoms with Crippen molar-refractivity contribution in [2.24, 2.45) is 0 Å². The summed E-state index contributed by atoms with van der Waals surface area (Å²) in [5, 5.41) is 8.20. The van der Waals surface area contributed by atoms with Crippen molar-refractivity contribution in [2.75, 3.05) is 10.6 Å². The monoisotopic (exact) mass is 344 g/mol. The second-order valence-electron chi connectivity index (χ2n) is 5.17. The SMILES string of the molecule is O=C(CC1NC(=O)c2ccccc2NC1=O)Nc1ccc(Cl)cn1. The first-order chi connectivity index (χ1) is 11.5. The third-order valence-electron chi connectivity index (χ3n) is 3.44. The van der Waals surface area contributed by atoms with E-state index in [0.29, 0.717) is 22.1 Å². The van der Waals surface area contributed by atoms with Gasteiger partial charge in [-0.25, -0.2) is 4.98 Å². The van der Waals surface area contributed by atoms with Gasteiger partial charge in [0.15, 0.2) is 0 Å². The lowest BCUT2D eigenvalue weighted by Crippen LogP contribution is -2.43. The predicted molar refractivity (Wildman–Crippen MR) is 88.8 cm³/mol. The van der Waals surface area contributed by atoms with Crippen LogP contribution in [-0.2, 0) is 9.59 Å². The van der Waals surface area contributed by atoms with Crippen LogP contribution in [0.1, 0.15) is 16.8 Å². The number of benzene rings is 1. The van der Waals surface area contributed by atoms with Crippen molar-refractivity contribution in [2.45, 2.75) is 12.5 Å². The van der Waals surface area contributed by atoms with Crippen LogP contribution in [0, 0.1) is 0 Å². The van der Waals surface area contributed by atoms with Gasteiger partial charge in [-0.05, 0) is 24.3 Å². The zero-order valence-corrected chi connectivity index (χ0v) is 13.1. The van der Waals surface area contributed by atoms with E-state index in [2.05, 4.69) is 20.9 Å². The third kappa shape index (κ3) is 3.52. The second kappa shape index (κ2) is 6.67. The van der Waals surface area contributed by atoms with E-state index >= 15 is 0 Å². The molecule has 0 fully saturated rings. The highest BCUT2D eigenvalue weighted by atomic mass is 35.5. The Labute approximate surface area is 142 Å². The fraction of sp³-hybridized carbons (Fsp3) is 0.125. The number of halogens is 1. The number of nitrogens with one attached hydrogen (secondary N) is 3. The molecule has 0 spiro atoms. The molecule has 0 saturated carbocycles. The number of hydrogen-bond acceptors (Lipinski definition) is 4. The number of anilines is 2. The van der Waals surface area contributed by atoms with Crippen molar-refractivity contribution >= 4 is 40.8 Å². The van der Waals surface area contributed by atoms with Gasteiger partial charge in [0.05, 0.1) is 22.7 Å². The van der Waals surface area contributed by atoms with E-state index in [9.17, 15) is 14.4 Å². The fourth-order valence-electron chi connectivity index (χ4n) is 2.28. The fourth-order valence-corrected chi connectivity index (χ4v) is 2.40. The largest absolute Gasteiger partial charge is 0.340 e. The Morgan fingerprint density at radius 1 is 1.21 bits per heavy atom. The maximum Gasteiger partial charge on any atom is 0.254 e. The molecule has 0 bridgehead atoms. The van der Waals surface area contributed by atoms with Gasteiger partial charge in [0.2, 0.25) is 11.8 Å². The van der Waals surface area contributed by atoms with Crippen molar-refractivity contribution in [1.29, 1.82) is 0 Å². The summed E-state index contributed by atoms with van der Waals surface area (Å²) in [6.07, 6.45) is 1.18. The van der Waals surface area contributed by atoms with Crippen LogP contribution in [0.3, 0.4) is 0 Å². The van der Waals surface area contributed by atoms with E-state index in [0.717, 1.165) is 0 Å². The van der Waals surface area contributed by atoms with Crippen LogP contribution in [0.5, 0.6) is 0 Å². The Morgan fingerprint density at radius 3 is 2.75 bits per heavy atom. The molecule has 3 N–H and O–H groups in total. The summed E-state index contributed by atoms with van der Waals surface area (Å²) >= 11 is 5.73. The van der Waals surface area contributed by atoms with Gasteiger partial charge in [0, 0.05) is 6.20 Å². The molecule has 2 aromatic rings. The van der Waals surface area contributed by atoms with Gasteiger partial charge in [-0.1, -0.05) is 23.7 Å². The van der Waals surface area contributed by atoms with Crippen LogP contribution < -0.4 is 16.0 Å². The number of nitrogens with zero attached hydrogens (tertiary/aromatic N) is 1. The Balaban J connectivity index is 1.69. The maximum atomic E-state index is 12.2. The molecule has 8 heteroatoms. The molecular formula is C16H13ClN4O3. The Morgan fingerprint density at radius 2 is 2.00 bits per heavy atom. The van der Waals surface area contributed by atoms with Crippen molar-refractivity contribution in [3.05, 3.63) is 53.2 Å². The number of carbonyl (C=O) groups is 3. The summed E-state index contributed by atoms with van der Waals surface area (Å²) in [6.45, 7) is 0. The van der Waals surface area contributed by atoms with Crippen molar-refractivity contribution < 1.29 is 14.4 Å². The molecule has 1 aromatic carbocycles. The minimum Gasteiger partial charge on any atom is -0.340 e. The molecule has 1 aliphatic heterocycles. The molecule has 1 atom stereocenters. The topological polar surface area (TPSA) is 100 Å². The standard InChI is InChI=1S/C16H13ClN4O3/c17-9-5-6-13(18-8-9)21-14(22)7-12-16(24)19-11-4-2-1-3-10(11)15(23)20-12/h1-6,8,12H,7H2,(H,19,24)(H,20,23)(H,18,21,22). The molecule has 7 nitrogen and oxygen atoms in total. The minimum atomic E-state index is -0.975. The maximum absolute atomic E-state index is 12.2. The first-order valence-electron chi connectivity index (χ1n) is 7.15. The lowest BCUT2D eigenvalue weighted by atomic mass is 10.1.